The summed E-state index contributed by atoms with van der Waals surface area (Å²) in [6.07, 6.45) is -0.362. The number of para-hydroxylation sites is 1. The van der Waals surface area contributed by atoms with E-state index in [0.29, 0.717) is 12.3 Å². The molecular formula is C17H18N2O3. The van der Waals surface area contributed by atoms with Crippen molar-refractivity contribution >= 4 is 12.0 Å². The van der Waals surface area contributed by atoms with Gasteiger partial charge in [0.25, 0.3) is 0 Å². The molecule has 0 aromatic heterocycles. The van der Waals surface area contributed by atoms with Crippen LogP contribution in [0.25, 0.3) is 0 Å². The molecule has 2 aromatic carbocycles. The lowest BCUT2D eigenvalue weighted by molar-refractivity contribution is -0.121. The first-order valence-electron chi connectivity index (χ1n) is 7.05. The molecule has 0 fully saturated rings. The summed E-state index contributed by atoms with van der Waals surface area (Å²) < 4.78 is 5.04. The van der Waals surface area contributed by atoms with Crippen LogP contribution in [0.5, 0.6) is 5.75 Å². The Labute approximate surface area is 129 Å². The number of hydrogen-bond acceptors (Lipinski definition) is 3. The molecule has 0 radical (unpaired) electrons. The zero-order valence-electron chi connectivity index (χ0n) is 12.1. The maximum absolute atomic E-state index is 11.7. The second kappa shape index (κ2) is 8.46. The van der Waals surface area contributed by atoms with Gasteiger partial charge >= 0.3 is 6.09 Å². The van der Waals surface area contributed by atoms with Crippen LogP contribution in [0, 0.1) is 0 Å². The molecule has 0 aliphatic carbocycles. The van der Waals surface area contributed by atoms with Crippen molar-refractivity contribution < 1.29 is 14.3 Å². The van der Waals surface area contributed by atoms with Crippen LogP contribution in [-0.4, -0.2) is 18.5 Å². The molecule has 5 nitrogen and oxygen atoms in total. The van der Waals surface area contributed by atoms with Gasteiger partial charge in [-0.1, -0.05) is 48.5 Å². The van der Waals surface area contributed by atoms with E-state index < -0.39 is 6.09 Å². The van der Waals surface area contributed by atoms with Crippen LogP contribution in [-0.2, 0) is 11.3 Å². The largest absolute Gasteiger partial charge is 0.412 e. The highest BCUT2D eigenvalue weighted by Crippen LogP contribution is 2.07. The van der Waals surface area contributed by atoms with E-state index in [2.05, 4.69) is 10.6 Å². The number of carbonyl (C=O) groups is 2. The molecule has 0 aliphatic rings. The van der Waals surface area contributed by atoms with Crippen molar-refractivity contribution in [2.75, 3.05) is 6.54 Å². The fourth-order valence-electron chi connectivity index (χ4n) is 1.79. The van der Waals surface area contributed by atoms with Crippen molar-refractivity contribution in [2.45, 2.75) is 13.0 Å². The highest BCUT2D eigenvalue weighted by molar-refractivity contribution is 5.77. The molecular weight excluding hydrogens is 280 g/mol. The Morgan fingerprint density at radius 3 is 2.18 bits per heavy atom. The van der Waals surface area contributed by atoms with Crippen molar-refractivity contribution in [1.82, 2.24) is 10.6 Å². The smallest absolute Gasteiger partial charge is 0.410 e. The molecule has 5 heteroatoms. The second-order valence-electron chi connectivity index (χ2n) is 4.64. The van der Waals surface area contributed by atoms with Gasteiger partial charge in [0.2, 0.25) is 5.91 Å². The predicted octanol–water partition coefficient (Wildman–Crippen LogP) is 2.48. The van der Waals surface area contributed by atoms with E-state index in [1.165, 1.54) is 0 Å². The molecule has 0 bridgehead atoms. The molecule has 0 aliphatic heterocycles. The lowest BCUT2D eigenvalue weighted by atomic mass is 10.2. The summed E-state index contributed by atoms with van der Waals surface area (Å²) in [5.74, 6) is 0.345. The van der Waals surface area contributed by atoms with Crippen molar-refractivity contribution in [3.63, 3.8) is 0 Å². The van der Waals surface area contributed by atoms with Gasteiger partial charge in [-0.05, 0) is 17.7 Å². The Bertz CT molecular complexity index is 600. The Balaban J connectivity index is 1.61. The van der Waals surface area contributed by atoms with Gasteiger partial charge in [0.15, 0.2) is 0 Å². The first kappa shape index (κ1) is 15.6. The number of ether oxygens (including phenoxy) is 1. The summed E-state index contributed by atoms with van der Waals surface area (Å²) >= 11 is 0. The van der Waals surface area contributed by atoms with Gasteiger partial charge in [0, 0.05) is 19.5 Å². The maximum atomic E-state index is 11.7. The SMILES string of the molecule is O=C(CCNC(=O)Oc1ccccc1)NCc1ccccc1. The average molecular weight is 298 g/mol. The van der Waals surface area contributed by atoms with E-state index in [1.54, 1.807) is 24.3 Å². The normalized spacial score (nSPS) is 9.82. The van der Waals surface area contributed by atoms with E-state index >= 15 is 0 Å². The third kappa shape index (κ3) is 5.66. The summed E-state index contributed by atoms with van der Waals surface area (Å²) in [4.78, 5) is 23.2. The number of amides is 2. The van der Waals surface area contributed by atoms with Crippen LogP contribution in [0.4, 0.5) is 4.79 Å². The molecule has 0 saturated carbocycles. The topological polar surface area (TPSA) is 67.4 Å². The second-order valence-corrected chi connectivity index (χ2v) is 4.64. The lowest BCUT2D eigenvalue weighted by Crippen LogP contribution is -2.32. The quantitative estimate of drug-likeness (QED) is 0.861. The molecule has 2 N–H and O–H groups in total. The molecule has 0 heterocycles. The van der Waals surface area contributed by atoms with Gasteiger partial charge in [0.1, 0.15) is 5.75 Å². The van der Waals surface area contributed by atoms with Crippen LogP contribution in [0.2, 0.25) is 0 Å². The number of nitrogens with one attached hydrogen (secondary N) is 2. The maximum Gasteiger partial charge on any atom is 0.412 e. The predicted molar refractivity (Wildman–Crippen MR) is 83.4 cm³/mol. The third-order valence-electron chi connectivity index (χ3n) is 2.91. The number of carbonyl (C=O) groups excluding carboxylic acids is 2. The van der Waals surface area contributed by atoms with Gasteiger partial charge in [-0.25, -0.2) is 4.79 Å². The van der Waals surface area contributed by atoms with Crippen LogP contribution < -0.4 is 15.4 Å². The minimum Gasteiger partial charge on any atom is -0.410 e. The minimum absolute atomic E-state index is 0.121. The lowest BCUT2D eigenvalue weighted by Gasteiger charge is -2.07. The van der Waals surface area contributed by atoms with Crippen LogP contribution in [0.1, 0.15) is 12.0 Å². The molecule has 0 atom stereocenters. The van der Waals surface area contributed by atoms with Gasteiger partial charge in [-0.15, -0.1) is 0 Å². The molecule has 114 valence electrons. The third-order valence-corrected chi connectivity index (χ3v) is 2.91. The van der Waals surface area contributed by atoms with Crippen LogP contribution in [0.3, 0.4) is 0 Å². The summed E-state index contributed by atoms with van der Waals surface area (Å²) in [6, 6.07) is 18.4. The Morgan fingerprint density at radius 2 is 1.50 bits per heavy atom. The van der Waals surface area contributed by atoms with E-state index in [0.717, 1.165) is 5.56 Å². The number of benzene rings is 2. The highest BCUT2D eigenvalue weighted by atomic mass is 16.6. The molecule has 2 rings (SSSR count). The molecule has 0 saturated heterocycles. The van der Waals surface area contributed by atoms with Crippen molar-refractivity contribution in [2.24, 2.45) is 0 Å². The van der Waals surface area contributed by atoms with Gasteiger partial charge in [-0.2, -0.15) is 0 Å². The molecule has 0 unspecified atom stereocenters. The highest BCUT2D eigenvalue weighted by Gasteiger charge is 2.05. The summed E-state index contributed by atoms with van der Waals surface area (Å²) in [6.45, 7) is 0.709. The monoisotopic (exact) mass is 298 g/mol. The standard InChI is InChI=1S/C17H18N2O3/c20-16(19-13-14-7-3-1-4-8-14)11-12-18-17(21)22-15-9-5-2-6-10-15/h1-10H,11-13H2,(H,18,21)(H,19,20). The first-order chi connectivity index (χ1) is 10.7. The van der Waals surface area contributed by atoms with Crippen LogP contribution in [0.15, 0.2) is 60.7 Å². The zero-order valence-corrected chi connectivity index (χ0v) is 12.1. The van der Waals surface area contributed by atoms with Gasteiger partial charge in [-0.3, -0.25) is 4.79 Å². The van der Waals surface area contributed by atoms with E-state index in [4.69, 9.17) is 4.74 Å². The molecule has 0 spiro atoms. The fraction of sp³-hybridized carbons (Fsp3) is 0.176. The van der Waals surface area contributed by atoms with Crippen molar-refractivity contribution in [3.8, 4) is 5.75 Å². The van der Waals surface area contributed by atoms with E-state index in [1.807, 2.05) is 36.4 Å². The minimum atomic E-state index is -0.568. The number of rotatable bonds is 6. The summed E-state index contributed by atoms with van der Waals surface area (Å²) in [5, 5.41) is 5.33. The van der Waals surface area contributed by atoms with Crippen LogP contribution >= 0.6 is 0 Å². The van der Waals surface area contributed by atoms with Crippen molar-refractivity contribution in [3.05, 3.63) is 66.2 Å². The Hall–Kier alpha value is -2.82. The Kier molecular flexibility index (Phi) is 5.99. The molecule has 2 aromatic rings. The fourth-order valence-corrected chi connectivity index (χ4v) is 1.79. The Morgan fingerprint density at radius 1 is 0.864 bits per heavy atom. The van der Waals surface area contributed by atoms with E-state index in [9.17, 15) is 9.59 Å². The average Bonchev–Trinajstić information content (AvgIpc) is 2.55. The summed E-state index contributed by atoms with van der Waals surface area (Å²) in [5.41, 5.74) is 1.03. The van der Waals surface area contributed by atoms with Gasteiger partial charge in [0.05, 0.1) is 0 Å². The molecule has 22 heavy (non-hydrogen) atoms. The van der Waals surface area contributed by atoms with Crippen molar-refractivity contribution in [1.29, 1.82) is 0 Å². The number of hydrogen-bond donors (Lipinski definition) is 2. The van der Waals surface area contributed by atoms with E-state index in [-0.39, 0.29) is 18.9 Å². The van der Waals surface area contributed by atoms with Gasteiger partial charge < -0.3 is 15.4 Å². The molecule has 2 amide bonds. The first-order valence-corrected chi connectivity index (χ1v) is 7.05. The summed E-state index contributed by atoms with van der Waals surface area (Å²) in [7, 11) is 0. The zero-order chi connectivity index (χ0) is 15.6.